The van der Waals surface area contributed by atoms with Crippen LogP contribution in [0.25, 0.3) is 0 Å². The zero-order valence-electron chi connectivity index (χ0n) is 14.3. The van der Waals surface area contributed by atoms with Gasteiger partial charge in [-0.15, -0.1) is 11.8 Å². The molecule has 2 aromatic carbocycles. The van der Waals surface area contributed by atoms with Crippen LogP contribution in [-0.4, -0.2) is 44.9 Å². The summed E-state index contributed by atoms with van der Waals surface area (Å²) in [5.41, 5.74) is 1.52. The Bertz CT molecular complexity index is 732. The van der Waals surface area contributed by atoms with E-state index in [1.807, 2.05) is 42.7 Å². The van der Waals surface area contributed by atoms with Gasteiger partial charge in [-0.3, -0.25) is 4.79 Å². The van der Waals surface area contributed by atoms with Crippen LogP contribution in [0.1, 0.15) is 0 Å². The summed E-state index contributed by atoms with van der Waals surface area (Å²) in [6.45, 7) is 3.60. The number of piperazine rings is 1. The lowest BCUT2D eigenvalue weighted by Crippen LogP contribution is -3.15. The second-order valence-electron chi connectivity index (χ2n) is 6.11. The second-order valence-corrected chi connectivity index (χ2v) is 6.96. The molecule has 0 aliphatic carbocycles. The van der Waals surface area contributed by atoms with E-state index in [4.69, 9.17) is 0 Å². The molecule has 3 rings (SSSR count). The molecule has 0 aromatic heterocycles. The number of amides is 1. The van der Waals surface area contributed by atoms with Crippen molar-refractivity contribution in [3.63, 3.8) is 0 Å². The van der Waals surface area contributed by atoms with Crippen LogP contribution in [0.15, 0.2) is 53.4 Å². The van der Waals surface area contributed by atoms with Gasteiger partial charge in [-0.25, -0.2) is 4.39 Å². The third-order valence-electron chi connectivity index (χ3n) is 4.46. The number of thioether (sulfide) groups is 1. The third kappa shape index (κ3) is 4.52. The zero-order chi connectivity index (χ0) is 17.6. The lowest BCUT2D eigenvalue weighted by molar-refractivity contribution is -0.892. The molecule has 1 fully saturated rings. The van der Waals surface area contributed by atoms with E-state index < -0.39 is 0 Å². The number of rotatable bonds is 5. The number of nitrogens with zero attached hydrogens (tertiary/aromatic N) is 1. The van der Waals surface area contributed by atoms with Crippen molar-refractivity contribution in [1.82, 2.24) is 0 Å². The Morgan fingerprint density at radius 1 is 1.16 bits per heavy atom. The summed E-state index contributed by atoms with van der Waals surface area (Å²) in [6, 6.07) is 14.7. The predicted octanol–water partition coefficient (Wildman–Crippen LogP) is 1.89. The number of para-hydroxylation sites is 2. The van der Waals surface area contributed by atoms with Crippen molar-refractivity contribution >= 4 is 29.0 Å². The lowest BCUT2D eigenvalue weighted by atomic mass is 10.2. The summed E-state index contributed by atoms with van der Waals surface area (Å²) >= 11 is 1.62. The fraction of sp³-hybridized carbons (Fsp3) is 0.316. The molecule has 0 radical (unpaired) electrons. The largest absolute Gasteiger partial charge is 0.358 e. The quantitative estimate of drug-likeness (QED) is 0.800. The van der Waals surface area contributed by atoms with Crippen molar-refractivity contribution in [2.24, 2.45) is 0 Å². The van der Waals surface area contributed by atoms with E-state index in [1.54, 1.807) is 17.8 Å². The molecule has 2 N–H and O–H groups in total. The molecule has 1 aliphatic rings. The Labute approximate surface area is 152 Å². The van der Waals surface area contributed by atoms with Crippen LogP contribution in [0, 0.1) is 5.82 Å². The van der Waals surface area contributed by atoms with Gasteiger partial charge >= 0.3 is 0 Å². The smallest absolute Gasteiger partial charge is 0.279 e. The molecule has 1 heterocycles. The maximum atomic E-state index is 13.9. The molecule has 0 atom stereocenters. The van der Waals surface area contributed by atoms with Gasteiger partial charge in [0.25, 0.3) is 5.91 Å². The lowest BCUT2D eigenvalue weighted by Gasteiger charge is -2.33. The van der Waals surface area contributed by atoms with E-state index in [0.717, 1.165) is 36.8 Å². The van der Waals surface area contributed by atoms with Crippen LogP contribution >= 0.6 is 11.8 Å². The van der Waals surface area contributed by atoms with Crippen LogP contribution in [0.2, 0.25) is 0 Å². The standard InChI is InChI=1S/C19H22FN3OS/c1-25-18-9-5-3-7-16(18)21-19(24)14-22-10-12-23(13-11-22)17-8-4-2-6-15(17)20/h2-9H,10-14H2,1H3,(H,21,24)/p+1. The molecule has 0 spiro atoms. The van der Waals surface area contributed by atoms with Crippen molar-refractivity contribution in [3.8, 4) is 0 Å². The summed E-state index contributed by atoms with van der Waals surface area (Å²) in [5.74, 6) is -0.159. The second kappa shape index (κ2) is 8.36. The van der Waals surface area contributed by atoms with Crippen LogP contribution in [0.4, 0.5) is 15.8 Å². The van der Waals surface area contributed by atoms with E-state index in [0.29, 0.717) is 12.2 Å². The molecular formula is C19H23FN3OS+. The first-order chi connectivity index (χ1) is 12.2. The van der Waals surface area contributed by atoms with Crippen LogP contribution in [0.5, 0.6) is 0 Å². The van der Waals surface area contributed by atoms with Crippen molar-refractivity contribution < 1.29 is 14.1 Å². The zero-order valence-corrected chi connectivity index (χ0v) is 15.1. The van der Waals surface area contributed by atoms with Gasteiger partial charge in [0.2, 0.25) is 0 Å². The van der Waals surface area contributed by atoms with E-state index >= 15 is 0 Å². The normalized spacial score (nSPS) is 15.2. The molecular weight excluding hydrogens is 337 g/mol. The first kappa shape index (κ1) is 17.8. The highest BCUT2D eigenvalue weighted by atomic mass is 32.2. The minimum absolute atomic E-state index is 0.0239. The van der Waals surface area contributed by atoms with Gasteiger partial charge in [-0.1, -0.05) is 24.3 Å². The maximum absolute atomic E-state index is 13.9. The molecule has 132 valence electrons. The summed E-state index contributed by atoms with van der Waals surface area (Å²) in [6.07, 6.45) is 2.00. The number of nitrogens with one attached hydrogen (secondary N) is 2. The first-order valence-corrected chi connectivity index (χ1v) is 9.66. The van der Waals surface area contributed by atoms with Crippen LogP contribution in [0.3, 0.4) is 0 Å². The number of benzene rings is 2. The summed E-state index contributed by atoms with van der Waals surface area (Å²) in [7, 11) is 0. The number of halogens is 1. The monoisotopic (exact) mass is 360 g/mol. The van der Waals surface area contributed by atoms with E-state index in [9.17, 15) is 9.18 Å². The molecule has 4 nitrogen and oxygen atoms in total. The molecule has 0 saturated carbocycles. The highest BCUT2D eigenvalue weighted by Gasteiger charge is 2.23. The molecule has 6 heteroatoms. The van der Waals surface area contributed by atoms with Gasteiger partial charge in [0.05, 0.1) is 37.6 Å². The van der Waals surface area contributed by atoms with Crippen molar-refractivity contribution in [3.05, 3.63) is 54.3 Å². The number of hydrogen-bond acceptors (Lipinski definition) is 3. The Kier molecular flexibility index (Phi) is 5.94. The van der Waals surface area contributed by atoms with E-state index in [-0.39, 0.29) is 11.7 Å². The Hall–Kier alpha value is -2.05. The summed E-state index contributed by atoms with van der Waals surface area (Å²) in [5, 5.41) is 3.01. The first-order valence-electron chi connectivity index (χ1n) is 8.43. The number of carbonyl (C=O) groups excluding carboxylic acids is 1. The van der Waals surface area contributed by atoms with Gasteiger partial charge in [-0.2, -0.15) is 0 Å². The van der Waals surface area contributed by atoms with Gasteiger partial charge in [0.15, 0.2) is 6.54 Å². The predicted molar refractivity (Wildman–Crippen MR) is 101 cm³/mol. The number of hydrogen-bond donors (Lipinski definition) is 2. The van der Waals surface area contributed by atoms with Gasteiger partial charge < -0.3 is 15.1 Å². The van der Waals surface area contributed by atoms with Crippen molar-refractivity contribution in [1.29, 1.82) is 0 Å². The molecule has 1 saturated heterocycles. The van der Waals surface area contributed by atoms with Gasteiger partial charge in [-0.05, 0) is 30.5 Å². The van der Waals surface area contributed by atoms with Gasteiger partial charge in [0, 0.05) is 4.90 Å². The Balaban J connectivity index is 1.52. The van der Waals surface area contributed by atoms with Crippen LogP contribution < -0.4 is 15.1 Å². The number of quaternary nitrogens is 1. The Morgan fingerprint density at radius 2 is 1.84 bits per heavy atom. The van der Waals surface area contributed by atoms with E-state index in [1.165, 1.54) is 11.0 Å². The fourth-order valence-electron chi connectivity index (χ4n) is 3.12. The average molecular weight is 360 g/mol. The number of carbonyl (C=O) groups is 1. The minimum atomic E-state index is -0.183. The Morgan fingerprint density at radius 3 is 2.56 bits per heavy atom. The third-order valence-corrected chi connectivity index (χ3v) is 5.25. The fourth-order valence-corrected chi connectivity index (χ4v) is 3.67. The highest BCUT2D eigenvalue weighted by Crippen LogP contribution is 2.24. The molecule has 2 aromatic rings. The topological polar surface area (TPSA) is 36.8 Å². The van der Waals surface area contributed by atoms with Crippen molar-refractivity contribution in [2.45, 2.75) is 4.90 Å². The minimum Gasteiger partial charge on any atom is -0.358 e. The molecule has 1 aliphatic heterocycles. The molecule has 0 unspecified atom stereocenters. The van der Waals surface area contributed by atoms with Crippen LogP contribution in [-0.2, 0) is 4.79 Å². The van der Waals surface area contributed by atoms with E-state index in [2.05, 4.69) is 10.2 Å². The van der Waals surface area contributed by atoms with Gasteiger partial charge in [0.1, 0.15) is 5.82 Å². The maximum Gasteiger partial charge on any atom is 0.279 e. The highest BCUT2D eigenvalue weighted by molar-refractivity contribution is 7.98. The SMILES string of the molecule is CSc1ccccc1NC(=O)C[NH+]1CCN(c2ccccc2F)CC1. The number of anilines is 2. The molecule has 0 bridgehead atoms. The summed E-state index contributed by atoms with van der Waals surface area (Å²) < 4.78 is 13.9. The molecule has 25 heavy (non-hydrogen) atoms. The van der Waals surface area contributed by atoms with Crippen molar-refractivity contribution in [2.75, 3.05) is 49.2 Å². The summed E-state index contributed by atoms with van der Waals surface area (Å²) in [4.78, 5) is 16.7. The molecule has 1 amide bonds. The average Bonchev–Trinajstić information content (AvgIpc) is 2.63.